The third-order valence-electron chi connectivity index (χ3n) is 5.08. The van der Waals surface area contributed by atoms with Crippen LogP contribution in [0.3, 0.4) is 0 Å². The van der Waals surface area contributed by atoms with Gasteiger partial charge in [-0.2, -0.15) is 0 Å². The first-order valence-corrected chi connectivity index (χ1v) is 11.9. The Morgan fingerprint density at radius 1 is 1.41 bits per heavy atom. The van der Waals surface area contributed by atoms with Gasteiger partial charge < -0.3 is 15.5 Å². The van der Waals surface area contributed by atoms with E-state index in [2.05, 4.69) is 10.6 Å². The van der Waals surface area contributed by atoms with E-state index in [9.17, 15) is 28.1 Å². The molecule has 10 nitrogen and oxygen atoms in total. The summed E-state index contributed by atoms with van der Waals surface area (Å²) < 4.78 is 23.2. The Morgan fingerprint density at radius 3 is 2.79 bits per heavy atom. The molecule has 0 bridgehead atoms. The first kappa shape index (κ1) is 21.4. The van der Waals surface area contributed by atoms with E-state index in [4.69, 9.17) is 0 Å². The van der Waals surface area contributed by atoms with Gasteiger partial charge in [-0.3, -0.25) is 19.7 Å². The Hall–Kier alpha value is -2.34. The van der Waals surface area contributed by atoms with Crippen molar-refractivity contribution in [1.82, 2.24) is 10.2 Å². The summed E-state index contributed by atoms with van der Waals surface area (Å²) in [5.41, 5.74) is -0.194. The Balaban J connectivity index is 1.57. The predicted molar refractivity (Wildman–Crippen MR) is 108 cm³/mol. The van der Waals surface area contributed by atoms with E-state index in [1.165, 1.54) is 12.1 Å². The Bertz CT molecular complexity index is 967. The lowest BCUT2D eigenvalue weighted by Gasteiger charge is -2.29. The number of thioether (sulfide) groups is 1. The average molecular weight is 443 g/mol. The van der Waals surface area contributed by atoms with Crippen LogP contribution in [0, 0.1) is 10.1 Å². The lowest BCUT2D eigenvalue weighted by atomic mass is 10.2. The number of nitro benzene ring substituents is 1. The maximum Gasteiger partial charge on any atom is 0.293 e. The fraction of sp³-hybridized carbons (Fsp3) is 0.529. The number of hydrogen-bond donors (Lipinski definition) is 2. The monoisotopic (exact) mass is 442 g/mol. The Labute approximate surface area is 172 Å². The number of fused-ring (bicyclic) bond motifs is 1. The second-order valence-corrected chi connectivity index (χ2v) is 10.7. The van der Waals surface area contributed by atoms with Crippen molar-refractivity contribution in [3.63, 3.8) is 0 Å². The van der Waals surface area contributed by atoms with Gasteiger partial charge in [0.05, 0.1) is 14.7 Å². The van der Waals surface area contributed by atoms with Crippen molar-refractivity contribution in [2.75, 3.05) is 30.4 Å². The average Bonchev–Trinajstić information content (AvgIpc) is 3.13. The zero-order chi connectivity index (χ0) is 21.4. The summed E-state index contributed by atoms with van der Waals surface area (Å²) in [6.45, 7) is 2.37. The predicted octanol–water partition coefficient (Wildman–Crippen LogP) is 0.980. The van der Waals surface area contributed by atoms with Gasteiger partial charge in [0.2, 0.25) is 11.8 Å². The minimum absolute atomic E-state index is 0.0163. The number of nitrogens with one attached hydrogen (secondary N) is 2. The van der Waals surface area contributed by atoms with Crippen molar-refractivity contribution in [3.05, 3.63) is 28.3 Å². The van der Waals surface area contributed by atoms with Crippen LogP contribution >= 0.6 is 11.8 Å². The molecule has 1 aromatic rings. The number of rotatable bonds is 7. The second kappa shape index (κ2) is 7.82. The molecule has 158 valence electrons. The molecule has 0 unspecified atom stereocenters. The number of carbonyl (C=O) groups is 2. The van der Waals surface area contributed by atoms with E-state index in [0.717, 1.165) is 18.7 Å². The van der Waals surface area contributed by atoms with E-state index >= 15 is 0 Å². The van der Waals surface area contributed by atoms with Gasteiger partial charge in [-0.1, -0.05) is 0 Å². The molecular formula is C17H22N4O6S2. The van der Waals surface area contributed by atoms with Crippen LogP contribution in [0.1, 0.15) is 19.8 Å². The maximum absolute atomic E-state index is 12.5. The number of nitrogens with zero attached hydrogens (tertiary/aromatic N) is 2. The van der Waals surface area contributed by atoms with Crippen molar-refractivity contribution in [2.24, 2.45) is 0 Å². The first-order valence-electron chi connectivity index (χ1n) is 8.99. The van der Waals surface area contributed by atoms with Gasteiger partial charge >= 0.3 is 0 Å². The highest BCUT2D eigenvalue weighted by Gasteiger charge is 2.52. The molecular weight excluding hydrogens is 420 g/mol. The molecule has 0 saturated carbocycles. The fourth-order valence-corrected chi connectivity index (χ4v) is 5.63. The number of carbonyl (C=O) groups excluding carboxylic acids is 2. The summed E-state index contributed by atoms with van der Waals surface area (Å²) in [4.78, 5) is 36.4. The van der Waals surface area contributed by atoms with E-state index in [-0.39, 0.29) is 46.0 Å². The smallest absolute Gasteiger partial charge is 0.293 e. The molecule has 2 amide bonds. The Kier molecular flexibility index (Phi) is 5.77. The third-order valence-corrected chi connectivity index (χ3v) is 7.70. The van der Waals surface area contributed by atoms with Gasteiger partial charge in [0.15, 0.2) is 9.84 Å². The zero-order valence-electron chi connectivity index (χ0n) is 16.0. The molecule has 2 saturated heterocycles. The van der Waals surface area contributed by atoms with Crippen LogP contribution in [-0.4, -0.2) is 66.1 Å². The molecule has 0 aliphatic carbocycles. The summed E-state index contributed by atoms with van der Waals surface area (Å²) in [6.07, 6.45) is 2.16. The molecule has 2 fully saturated rings. The Morgan fingerprint density at radius 2 is 2.14 bits per heavy atom. The van der Waals surface area contributed by atoms with Gasteiger partial charge in [-0.05, 0) is 25.5 Å². The fourth-order valence-electron chi connectivity index (χ4n) is 3.56. The summed E-state index contributed by atoms with van der Waals surface area (Å²) in [5, 5.41) is 16.8. The van der Waals surface area contributed by atoms with E-state index in [1.54, 1.807) is 16.7 Å². The van der Waals surface area contributed by atoms with Crippen LogP contribution in [-0.2, 0) is 19.4 Å². The molecule has 2 heterocycles. The summed E-state index contributed by atoms with van der Waals surface area (Å²) in [5.74, 6) is 0.275. The van der Waals surface area contributed by atoms with Crippen molar-refractivity contribution < 1.29 is 22.9 Å². The number of amides is 2. The minimum Gasteiger partial charge on any atom is -0.378 e. The van der Waals surface area contributed by atoms with Gasteiger partial charge in [0.1, 0.15) is 11.7 Å². The number of sulfone groups is 1. The zero-order valence-corrected chi connectivity index (χ0v) is 17.6. The van der Waals surface area contributed by atoms with Crippen LogP contribution in [0.4, 0.5) is 11.4 Å². The summed E-state index contributed by atoms with van der Waals surface area (Å²) >= 11 is 1.60. The van der Waals surface area contributed by atoms with Gasteiger partial charge in [0.25, 0.3) is 5.69 Å². The van der Waals surface area contributed by atoms with Crippen LogP contribution < -0.4 is 10.6 Å². The highest BCUT2D eigenvalue weighted by atomic mass is 32.2. The molecule has 0 spiro atoms. The number of benzene rings is 1. The van der Waals surface area contributed by atoms with E-state index in [0.29, 0.717) is 12.2 Å². The van der Waals surface area contributed by atoms with Crippen LogP contribution in [0.2, 0.25) is 0 Å². The van der Waals surface area contributed by atoms with Crippen molar-refractivity contribution >= 4 is 44.8 Å². The number of hydrogen-bond acceptors (Lipinski definition) is 8. The van der Waals surface area contributed by atoms with Crippen molar-refractivity contribution in [2.45, 2.75) is 35.6 Å². The SMILES string of the molecule is C[C@]12CCC(=O)N1[C@@H](C(=O)NCCNc1ccc(S(C)(=O)=O)cc1[N+](=O)[O-])CS2. The van der Waals surface area contributed by atoms with E-state index < -0.39 is 20.8 Å². The third kappa shape index (κ3) is 4.32. The molecule has 0 radical (unpaired) electrons. The molecule has 12 heteroatoms. The summed E-state index contributed by atoms with van der Waals surface area (Å²) in [7, 11) is -3.56. The minimum atomic E-state index is -3.56. The van der Waals surface area contributed by atoms with Crippen LogP contribution in [0.25, 0.3) is 0 Å². The number of nitro groups is 1. The van der Waals surface area contributed by atoms with Gasteiger partial charge in [-0.25, -0.2) is 8.42 Å². The van der Waals surface area contributed by atoms with Crippen LogP contribution in [0.15, 0.2) is 23.1 Å². The van der Waals surface area contributed by atoms with Crippen LogP contribution in [0.5, 0.6) is 0 Å². The molecule has 2 aliphatic heterocycles. The molecule has 2 atom stereocenters. The molecule has 29 heavy (non-hydrogen) atoms. The van der Waals surface area contributed by atoms with Crippen molar-refractivity contribution in [3.8, 4) is 0 Å². The lowest BCUT2D eigenvalue weighted by Crippen LogP contribution is -2.50. The maximum atomic E-state index is 12.5. The lowest BCUT2D eigenvalue weighted by molar-refractivity contribution is -0.384. The van der Waals surface area contributed by atoms with E-state index in [1.807, 2.05) is 6.92 Å². The normalized spacial score (nSPS) is 23.7. The molecule has 2 aliphatic rings. The largest absolute Gasteiger partial charge is 0.378 e. The first-order chi connectivity index (χ1) is 13.5. The topological polar surface area (TPSA) is 139 Å². The standard InChI is InChI=1S/C17H22N4O6S2/c1-17-6-5-15(22)20(17)14(10-28-17)16(23)19-8-7-18-12-4-3-11(29(2,26)27)9-13(12)21(24)25/h3-4,9,14,18H,5-8,10H2,1-2H3,(H,19,23)/t14-,17+/m1/s1. The summed E-state index contributed by atoms with van der Waals surface area (Å²) in [6, 6.07) is 3.12. The highest BCUT2D eigenvalue weighted by molar-refractivity contribution is 8.01. The molecule has 1 aromatic carbocycles. The quantitative estimate of drug-likeness (QED) is 0.362. The van der Waals surface area contributed by atoms with Gasteiger partial charge in [-0.15, -0.1) is 11.8 Å². The highest BCUT2D eigenvalue weighted by Crippen LogP contribution is 2.47. The second-order valence-electron chi connectivity index (χ2n) is 7.19. The van der Waals surface area contributed by atoms with Crippen molar-refractivity contribution in [1.29, 1.82) is 0 Å². The van der Waals surface area contributed by atoms with Gasteiger partial charge in [0, 0.05) is 37.6 Å². The number of anilines is 1. The molecule has 0 aromatic heterocycles. The molecule has 2 N–H and O–H groups in total. The molecule has 3 rings (SSSR count).